The Morgan fingerprint density at radius 1 is 1.03 bits per heavy atom. The second-order valence-corrected chi connectivity index (χ2v) is 6.88. The second-order valence-electron chi connectivity index (χ2n) is 6.88. The van der Waals surface area contributed by atoms with Gasteiger partial charge >= 0.3 is 0 Å². The summed E-state index contributed by atoms with van der Waals surface area (Å²) in [6, 6.07) is 11.8. The van der Waals surface area contributed by atoms with E-state index in [4.69, 9.17) is 14.6 Å². The van der Waals surface area contributed by atoms with Gasteiger partial charge in [0.25, 0.3) is 11.7 Å². The number of aromatic hydroxyl groups is 1. The maximum atomic E-state index is 12.9. The fraction of sp³-hybridized carbons (Fsp3) is 0.304. The minimum atomic E-state index is -0.843. The van der Waals surface area contributed by atoms with Gasteiger partial charge in [0.05, 0.1) is 38.0 Å². The molecule has 0 saturated carbocycles. The lowest BCUT2D eigenvalue weighted by Crippen LogP contribution is -2.33. The molecule has 164 valence electrons. The van der Waals surface area contributed by atoms with E-state index in [1.54, 1.807) is 36.4 Å². The van der Waals surface area contributed by atoms with Crippen LogP contribution in [-0.2, 0) is 14.3 Å². The van der Waals surface area contributed by atoms with E-state index in [1.165, 1.54) is 17.0 Å². The normalized spacial score (nSPS) is 17.9. The molecule has 0 bridgehead atoms. The zero-order chi connectivity index (χ0) is 22.4. The summed E-state index contributed by atoms with van der Waals surface area (Å²) in [4.78, 5) is 27.0. The summed E-state index contributed by atoms with van der Waals surface area (Å²) in [6.45, 7) is 2.52. The Morgan fingerprint density at radius 3 is 2.32 bits per heavy atom. The van der Waals surface area contributed by atoms with E-state index >= 15 is 0 Å². The molecule has 0 aliphatic carbocycles. The Morgan fingerprint density at radius 2 is 1.71 bits per heavy atom. The van der Waals surface area contributed by atoms with Crippen LogP contribution >= 0.6 is 0 Å². The monoisotopic (exact) mass is 427 g/mol. The van der Waals surface area contributed by atoms with Crippen LogP contribution in [0.15, 0.2) is 54.1 Å². The highest BCUT2D eigenvalue weighted by molar-refractivity contribution is 6.46. The zero-order valence-corrected chi connectivity index (χ0v) is 17.2. The lowest BCUT2D eigenvalue weighted by atomic mass is 9.95. The van der Waals surface area contributed by atoms with Gasteiger partial charge in [-0.25, -0.2) is 0 Å². The molecule has 3 rings (SSSR count). The van der Waals surface area contributed by atoms with Crippen LogP contribution in [0.5, 0.6) is 11.5 Å². The number of carbonyl (C=O) groups is 2. The molecule has 2 aromatic carbocycles. The molecule has 0 aromatic heterocycles. The summed E-state index contributed by atoms with van der Waals surface area (Å²) in [5.74, 6) is -1.18. The molecule has 1 amide bonds. The maximum absolute atomic E-state index is 12.9. The number of amides is 1. The van der Waals surface area contributed by atoms with Crippen LogP contribution in [0.2, 0.25) is 0 Å². The van der Waals surface area contributed by atoms with Gasteiger partial charge in [0.2, 0.25) is 0 Å². The van der Waals surface area contributed by atoms with Crippen LogP contribution in [0, 0.1) is 0 Å². The number of hydrogen-bond donors (Lipinski definition) is 3. The molecule has 2 aromatic rings. The predicted molar refractivity (Wildman–Crippen MR) is 113 cm³/mol. The average molecular weight is 427 g/mol. The minimum Gasteiger partial charge on any atom is -0.508 e. The van der Waals surface area contributed by atoms with E-state index in [9.17, 15) is 19.8 Å². The fourth-order valence-electron chi connectivity index (χ4n) is 3.47. The summed E-state index contributed by atoms with van der Waals surface area (Å²) in [6.07, 6.45) is 0. The third-order valence-electron chi connectivity index (χ3n) is 4.90. The highest BCUT2D eigenvalue weighted by Crippen LogP contribution is 2.39. The molecule has 3 N–H and O–H groups in total. The first-order valence-corrected chi connectivity index (χ1v) is 9.97. The number of benzene rings is 2. The number of phenols is 1. The Labute approximate surface area is 180 Å². The standard InChI is InChI=1S/C23H25NO7/c1-2-31-18-9-5-16(6-10-18)21(27)19-20(15-3-7-17(26)8-4-15)24(23(29)22(19)28)11-13-30-14-12-25/h3-10,20,25-27H,2,11-14H2,1H3/t20-/m1/s1. The number of Topliss-reactive ketones (excluding diaryl/α,β-unsaturated/α-hetero) is 1. The molecule has 0 radical (unpaired) electrons. The summed E-state index contributed by atoms with van der Waals surface area (Å²) in [7, 11) is 0. The average Bonchev–Trinajstić information content (AvgIpc) is 3.02. The molecular formula is C23H25NO7. The van der Waals surface area contributed by atoms with Gasteiger partial charge in [0.15, 0.2) is 0 Å². The number of rotatable bonds is 9. The molecule has 1 fully saturated rings. The summed E-state index contributed by atoms with van der Waals surface area (Å²) < 4.78 is 10.7. The van der Waals surface area contributed by atoms with Gasteiger partial charge in [-0.3, -0.25) is 9.59 Å². The summed E-state index contributed by atoms with van der Waals surface area (Å²) in [5.41, 5.74) is 0.899. The predicted octanol–water partition coefficient (Wildman–Crippen LogP) is 2.22. The molecule has 1 aliphatic heterocycles. The van der Waals surface area contributed by atoms with Gasteiger partial charge in [0, 0.05) is 12.1 Å². The molecule has 1 aliphatic rings. The van der Waals surface area contributed by atoms with Crippen LogP contribution in [0.3, 0.4) is 0 Å². The number of ether oxygens (including phenoxy) is 2. The Balaban J connectivity index is 2.02. The molecule has 0 spiro atoms. The van der Waals surface area contributed by atoms with E-state index < -0.39 is 17.7 Å². The van der Waals surface area contributed by atoms with Crippen LogP contribution in [0.1, 0.15) is 24.1 Å². The number of aliphatic hydroxyl groups excluding tert-OH is 2. The van der Waals surface area contributed by atoms with Crippen LogP contribution in [0.4, 0.5) is 0 Å². The van der Waals surface area contributed by atoms with E-state index in [-0.39, 0.29) is 43.4 Å². The van der Waals surface area contributed by atoms with Crippen molar-refractivity contribution in [2.75, 3.05) is 33.0 Å². The lowest BCUT2D eigenvalue weighted by Gasteiger charge is -2.25. The first-order valence-electron chi connectivity index (χ1n) is 9.97. The number of likely N-dealkylation sites (tertiary alicyclic amines) is 1. The van der Waals surface area contributed by atoms with Crippen LogP contribution in [-0.4, -0.2) is 64.9 Å². The lowest BCUT2D eigenvalue weighted by molar-refractivity contribution is -0.140. The van der Waals surface area contributed by atoms with Crippen molar-refractivity contribution in [3.8, 4) is 11.5 Å². The van der Waals surface area contributed by atoms with Gasteiger partial charge in [0.1, 0.15) is 17.3 Å². The van der Waals surface area contributed by atoms with Gasteiger partial charge in [-0.2, -0.15) is 0 Å². The number of phenolic OH excluding ortho intramolecular Hbond substituents is 1. The van der Waals surface area contributed by atoms with Crippen molar-refractivity contribution in [2.45, 2.75) is 13.0 Å². The highest BCUT2D eigenvalue weighted by atomic mass is 16.5. The molecular weight excluding hydrogens is 402 g/mol. The van der Waals surface area contributed by atoms with Crippen molar-refractivity contribution in [1.29, 1.82) is 0 Å². The van der Waals surface area contributed by atoms with Crippen molar-refractivity contribution < 1.29 is 34.4 Å². The van der Waals surface area contributed by atoms with Crippen molar-refractivity contribution >= 4 is 17.4 Å². The van der Waals surface area contributed by atoms with Gasteiger partial charge in [-0.15, -0.1) is 0 Å². The van der Waals surface area contributed by atoms with Gasteiger partial charge in [-0.1, -0.05) is 12.1 Å². The van der Waals surface area contributed by atoms with E-state index in [0.29, 0.717) is 23.5 Å². The van der Waals surface area contributed by atoms with Crippen molar-refractivity contribution in [2.24, 2.45) is 0 Å². The van der Waals surface area contributed by atoms with E-state index in [2.05, 4.69) is 0 Å². The third-order valence-corrected chi connectivity index (χ3v) is 4.90. The quantitative estimate of drug-likeness (QED) is 0.243. The first-order chi connectivity index (χ1) is 15.0. The molecule has 8 nitrogen and oxygen atoms in total. The number of hydrogen-bond acceptors (Lipinski definition) is 7. The second kappa shape index (κ2) is 10.1. The smallest absolute Gasteiger partial charge is 0.295 e. The molecule has 0 unspecified atom stereocenters. The number of carbonyl (C=O) groups excluding carboxylic acids is 2. The van der Waals surface area contributed by atoms with Gasteiger partial charge in [-0.05, 0) is 48.9 Å². The van der Waals surface area contributed by atoms with E-state index in [0.717, 1.165) is 0 Å². The highest BCUT2D eigenvalue weighted by Gasteiger charge is 2.45. The van der Waals surface area contributed by atoms with E-state index in [1.807, 2.05) is 6.92 Å². The number of ketones is 1. The molecule has 31 heavy (non-hydrogen) atoms. The summed E-state index contributed by atoms with van der Waals surface area (Å²) >= 11 is 0. The first kappa shape index (κ1) is 22.3. The molecule has 1 atom stereocenters. The SMILES string of the molecule is CCOc1ccc(C(O)=C2C(=O)C(=O)N(CCOCCO)[C@@H]2c2ccc(O)cc2)cc1. The zero-order valence-electron chi connectivity index (χ0n) is 17.2. The number of nitrogens with zero attached hydrogens (tertiary/aromatic N) is 1. The van der Waals surface area contributed by atoms with Crippen molar-refractivity contribution in [3.63, 3.8) is 0 Å². The van der Waals surface area contributed by atoms with Crippen LogP contribution < -0.4 is 4.74 Å². The van der Waals surface area contributed by atoms with Crippen molar-refractivity contribution in [3.05, 3.63) is 65.2 Å². The Kier molecular flexibility index (Phi) is 7.28. The fourth-order valence-corrected chi connectivity index (χ4v) is 3.47. The third kappa shape index (κ3) is 4.87. The summed E-state index contributed by atoms with van der Waals surface area (Å²) in [5, 5.41) is 29.5. The Hall–Kier alpha value is -3.36. The Bertz CT molecular complexity index is 951. The molecule has 8 heteroatoms. The number of aliphatic hydroxyl groups is 2. The maximum Gasteiger partial charge on any atom is 0.295 e. The largest absolute Gasteiger partial charge is 0.508 e. The van der Waals surface area contributed by atoms with Crippen LogP contribution in [0.25, 0.3) is 5.76 Å². The van der Waals surface area contributed by atoms with Gasteiger partial charge < -0.3 is 29.7 Å². The molecule has 1 heterocycles. The topological polar surface area (TPSA) is 117 Å². The van der Waals surface area contributed by atoms with Crippen molar-refractivity contribution in [1.82, 2.24) is 4.90 Å². The minimum absolute atomic E-state index is 0.0398. The molecule has 1 saturated heterocycles.